The molecule has 3 N–H and O–H groups in total. The summed E-state index contributed by atoms with van der Waals surface area (Å²) in [6, 6.07) is 6.57. The van der Waals surface area contributed by atoms with Gasteiger partial charge in [-0.05, 0) is 79.8 Å². The lowest BCUT2D eigenvalue weighted by Gasteiger charge is -2.34. The third kappa shape index (κ3) is 8.31. The van der Waals surface area contributed by atoms with E-state index in [1.165, 1.54) is 34.8 Å². The number of amides is 2. The molecule has 2 fully saturated rings. The number of aliphatic hydroxyl groups excluding tert-OH is 1. The molecule has 4 heterocycles. The van der Waals surface area contributed by atoms with Gasteiger partial charge in [0.15, 0.2) is 11.5 Å². The van der Waals surface area contributed by atoms with Crippen LogP contribution in [0.1, 0.15) is 71.5 Å². The van der Waals surface area contributed by atoms with Crippen LogP contribution in [-0.4, -0.2) is 80.2 Å². The summed E-state index contributed by atoms with van der Waals surface area (Å²) in [7, 11) is -2.38. The molecule has 3 aliphatic rings. The van der Waals surface area contributed by atoms with Crippen molar-refractivity contribution >= 4 is 50.2 Å². The standard InChI is InChI=1S/C41H36ClF7N8O5S/c1-55-36-26(10-12-29(42)34(36)39(53-55)54-63(2,61)62)25-8-6-23(5-7-24-4-3-13-56(24)32(60)19-58)50-35(25)30(16-20-14-21(43)17-22(44)15-20)51-31(59)18-57-38-33(37(52-57)41(47,48)49)27-9-11-28(27)40(38,45)46/h6,8,10,12,14-15,17,24,27-28,30,58H,3-4,9,11,13,16,18-19H2,1-2H3,(H,51,59)(H,53,54)/t24?,27-,28+,30-/m0/s1. The first-order chi connectivity index (χ1) is 29.6. The van der Waals surface area contributed by atoms with Crippen molar-refractivity contribution in [3.8, 4) is 23.0 Å². The molecule has 0 spiro atoms. The van der Waals surface area contributed by atoms with Crippen LogP contribution in [-0.2, 0) is 51.7 Å². The lowest BCUT2D eigenvalue weighted by molar-refractivity contribution is -0.144. The van der Waals surface area contributed by atoms with Crippen LogP contribution in [0, 0.1) is 29.4 Å². The summed E-state index contributed by atoms with van der Waals surface area (Å²) in [5.74, 6) is -4.05. The monoisotopic (exact) mass is 920 g/mol. The van der Waals surface area contributed by atoms with Gasteiger partial charge in [-0.3, -0.25) is 23.7 Å². The molecule has 0 bridgehead atoms. The van der Waals surface area contributed by atoms with E-state index >= 15 is 8.78 Å². The second-order valence-electron chi connectivity index (χ2n) is 15.7. The van der Waals surface area contributed by atoms with E-state index in [1.54, 1.807) is 6.07 Å². The molecule has 2 amide bonds. The number of hydrogen-bond donors (Lipinski definition) is 3. The number of aryl methyl sites for hydroxylation is 1. The number of rotatable bonds is 10. The number of likely N-dealkylation sites (tertiary alicyclic amines) is 1. The molecule has 1 saturated heterocycles. The van der Waals surface area contributed by atoms with E-state index in [2.05, 4.69) is 32.1 Å². The minimum absolute atomic E-state index is 0.0185. The van der Waals surface area contributed by atoms with E-state index < -0.39 is 106 Å². The summed E-state index contributed by atoms with van der Waals surface area (Å²) in [6.45, 7) is -1.50. The van der Waals surface area contributed by atoms with E-state index in [1.807, 2.05) is 0 Å². The van der Waals surface area contributed by atoms with Gasteiger partial charge in [0.2, 0.25) is 21.8 Å². The zero-order chi connectivity index (χ0) is 45.3. The van der Waals surface area contributed by atoms with E-state index in [0.29, 0.717) is 35.7 Å². The summed E-state index contributed by atoms with van der Waals surface area (Å²) in [4.78, 5) is 32.7. The number of hydrogen-bond acceptors (Lipinski definition) is 8. The Morgan fingerprint density at radius 2 is 1.76 bits per heavy atom. The molecule has 4 atom stereocenters. The number of sulfonamides is 1. The van der Waals surface area contributed by atoms with Crippen LogP contribution in [0.4, 0.5) is 36.6 Å². The highest BCUT2D eigenvalue weighted by Crippen LogP contribution is 2.64. The number of pyridine rings is 1. The highest BCUT2D eigenvalue weighted by molar-refractivity contribution is 7.92. The van der Waals surface area contributed by atoms with Crippen LogP contribution in [0.25, 0.3) is 22.0 Å². The zero-order valence-electron chi connectivity index (χ0n) is 33.2. The maximum absolute atomic E-state index is 15.7. The molecule has 1 saturated carbocycles. The normalized spacial score (nSPS) is 19.5. The van der Waals surface area contributed by atoms with Gasteiger partial charge in [-0.1, -0.05) is 23.6 Å². The van der Waals surface area contributed by atoms with Gasteiger partial charge in [0.1, 0.15) is 36.2 Å². The zero-order valence-corrected chi connectivity index (χ0v) is 34.8. The smallest absolute Gasteiger partial charge is 0.387 e. The Bertz CT molecular complexity index is 2850. The summed E-state index contributed by atoms with van der Waals surface area (Å²) in [5, 5.41) is 20.2. The van der Waals surface area contributed by atoms with Crippen LogP contribution >= 0.6 is 11.6 Å². The summed E-state index contributed by atoms with van der Waals surface area (Å²) >= 11 is 6.61. The molecule has 2 aliphatic carbocycles. The largest absolute Gasteiger partial charge is 0.435 e. The van der Waals surface area contributed by atoms with Crippen molar-refractivity contribution in [1.29, 1.82) is 0 Å². The van der Waals surface area contributed by atoms with Crippen LogP contribution in [0.2, 0.25) is 5.02 Å². The van der Waals surface area contributed by atoms with Gasteiger partial charge in [0.05, 0.1) is 40.0 Å². The predicted octanol–water partition coefficient (Wildman–Crippen LogP) is 6.19. The van der Waals surface area contributed by atoms with E-state index in [9.17, 15) is 45.1 Å². The SMILES string of the molecule is Cn1nc(NS(C)(=O)=O)c2c(Cl)ccc(-c3ccc(C#CC4CCCN4C(=O)CO)nc3[C@H](Cc3cc(F)cc(F)c3)NC(=O)Cn3nc(C(F)(F)F)c4c3C(F)(F)[C@@H]3CC[C@H]43)c21. The van der Waals surface area contributed by atoms with Crippen molar-refractivity contribution in [3.05, 3.63) is 93.0 Å². The summed E-state index contributed by atoms with van der Waals surface area (Å²) in [5.41, 5.74) is -2.40. The first-order valence-electron chi connectivity index (χ1n) is 19.5. The van der Waals surface area contributed by atoms with Gasteiger partial charge in [-0.25, -0.2) is 22.2 Å². The molecule has 22 heteroatoms. The van der Waals surface area contributed by atoms with Crippen molar-refractivity contribution in [2.75, 3.05) is 24.1 Å². The second-order valence-corrected chi connectivity index (χ2v) is 17.9. The fourth-order valence-electron chi connectivity index (χ4n) is 8.86. The van der Waals surface area contributed by atoms with E-state index in [4.69, 9.17) is 16.6 Å². The topological polar surface area (TPSA) is 164 Å². The van der Waals surface area contributed by atoms with Crippen molar-refractivity contribution in [2.24, 2.45) is 13.0 Å². The molecule has 8 rings (SSSR count). The molecule has 63 heavy (non-hydrogen) atoms. The van der Waals surface area contributed by atoms with Gasteiger partial charge in [-0.15, -0.1) is 0 Å². The fraction of sp³-hybridized carbons (Fsp3) is 0.390. The van der Waals surface area contributed by atoms with Crippen molar-refractivity contribution in [3.63, 3.8) is 0 Å². The number of fused-ring (bicyclic) bond motifs is 4. The van der Waals surface area contributed by atoms with Crippen molar-refractivity contribution < 1.29 is 53.8 Å². The molecule has 332 valence electrons. The lowest BCUT2D eigenvalue weighted by Crippen LogP contribution is -2.36. The van der Waals surface area contributed by atoms with E-state index in [0.717, 1.165) is 18.4 Å². The number of benzene rings is 2. The third-order valence-electron chi connectivity index (χ3n) is 11.5. The van der Waals surface area contributed by atoms with Gasteiger partial charge >= 0.3 is 6.18 Å². The number of anilines is 1. The van der Waals surface area contributed by atoms with Crippen LogP contribution in [0.15, 0.2) is 42.5 Å². The van der Waals surface area contributed by atoms with Crippen LogP contribution in [0.3, 0.4) is 0 Å². The summed E-state index contributed by atoms with van der Waals surface area (Å²) in [6.07, 6.45) is -3.47. The number of nitrogens with one attached hydrogen (secondary N) is 2. The number of aliphatic hydroxyl groups is 1. The summed E-state index contributed by atoms with van der Waals surface area (Å²) < 4.78 is 132. The number of alkyl halides is 5. The van der Waals surface area contributed by atoms with Gasteiger partial charge < -0.3 is 15.3 Å². The van der Waals surface area contributed by atoms with Gasteiger partial charge in [0.25, 0.3) is 5.92 Å². The molecule has 3 aromatic heterocycles. The Morgan fingerprint density at radius 1 is 1.05 bits per heavy atom. The first kappa shape index (κ1) is 43.9. The first-order valence-corrected chi connectivity index (χ1v) is 21.8. The molecule has 5 aromatic rings. The number of nitrogens with zero attached hydrogens (tertiary/aromatic N) is 6. The molecule has 13 nitrogen and oxygen atoms in total. The Hall–Kier alpha value is -5.72. The third-order valence-corrected chi connectivity index (χ3v) is 12.4. The Kier molecular flexibility index (Phi) is 11.2. The Morgan fingerprint density at radius 3 is 2.41 bits per heavy atom. The molecule has 1 unspecified atom stereocenters. The lowest BCUT2D eigenvalue weighted by atomic mass is 9.73. The number of carbonyl (C=O) groups excluding carboxylic acids is 2. The van der Waals surface area contributed by atoms with Crippen molar-refractivity contribution in [1.82, 2.24) is 34.8 Å². The maximum Gasteiger partial charge on any atom is 0.435 e. The quantitative estimate of drug-likeness (QED) is 0.110. The maximum atomic E-state index is 15.7. The minimum Gasteiger partial charge on any atom is -0.387 e. The van der Waals surface area contributed by atoms with Gasteiger partial charge in [0, 0.05) is 42.3 Å². The molecular weight excluding hydrogens is 885 g/mol. The number of halogens is 8. The predicted molar refractivity (Wildman–Crippen MR) is 214 cm³/mol. The van der Waals surface area contributed by atoms with Crippen molar-refractivity contribution in [2.45, 2.75) is 68.7 Å². The fourth-order valence-corrected chi connectivity index (χ4v) is 9.59. The highest BCUT2D eigenvalue weighted by atomic mass is 35.5. The van der Waals surface area contributed by atoms with Gasteiger partial charge in [-0.2, -0.15) is 32.1 Å². The number of aromatic nitrogens is 5. The minimum atomic E-state index is -5.11. The van der Waals surface area contributed by atoms with Crippen LogP contribution < -0.4 is 10.0 Å². The number of carbonyl (C=O) groups is 2. The second kappa shape index (κ2) is 16.1. The van der Waals surface area contributed by atoms with Crippen LogP contribution in [0.5, 0.6) is 0 Å². The highest BCUT2D eigenvalue weighted by Gasteiger charge is 2.63. The molecule has 1 aliphatic heterocycles. The average Bonchev–Trinajstić information content (AvgIpc) is 3.90. The Balaban J connectivity index is 1.28. The molecular formula is C41H36ClF7N8O5S. The average molecular weight is 921 g/mol. The van der Waals surface area contributed by atoms with E-state index in [-0.39, 0.29) is 57.1 Å². The molecule has 0 radical (unpaired) electrons. The Labute approximate surface area is 359 Å². The molecule has 2 aromatic carbocycles.